The van der Waals surface area contributed by atoms with Crippen molar-refractivity contribution in [3.8, 4) is 5.75 Å². The quantitative estimate of drug-likeness (QED) is 0.446. The molecule has 1 fully saturated rings. The molecule has 208 valence electrons. The number of guanidine groups is 1. The second-order valence-corrected chi connectivity index (χ2v) is 11.3. The van der Waals surface area contributed by atoms with E-state index in [1.807, 2.05) is 52.0 Å². The Morgan fingerprint density at radius 1 is 1.26 bits per heavy atom. The number of fused-ring (bicyclic) bond motifs is 1. The second-order valence-electron chi connectivity index (χ2n) is 11.3. The van der Waals surface area contributed by atoms with Gasteiger partial charge < -0.3 is 19.9 Å². The molecule has 0 bridgehead atoms. The van der Waals surface area contributed by atoms with Crippen LogP contribution in [0.5, 0.6) is 5.75 Å². The van der Waals surface area contributed by atoms with E-state index in [4.69, 9.17) is 14.5 Å². The predicted octanol–water partition coefficient (Wildman–Crippen LogP) is 3.86. The van der Waals surface area contributed by atoms with E-state index in [-0.39, 0.29) is 42.1 Å². The minimum absolute atomic E-state index is 0.0460. The largest absolute Gasteiger partial charge is 0.487 e. The lowest BCUT2D eigenvalue weighted by molar-refractivity contribution is -0.133. The number of carbonyl (C=O) groups excluding carboxylic acids is 2. The number of carbonyl (C=O) groups is 3. The molecule has 0 saturated heterocycles. The SMILES string of the molecule is CCC1(CC)CC(=O)N([C@@H](CCOC)[C@@H]2C[C@@H]2C(=O)NC2CC(C)(C)Oc3ccccc32)C(NC(=O)O)=N1. The zero-order valence-corrected chi connectivity index (χ0v) is 23.0. The highest BCUT2D eigenvalue weighted by Crippen LogP contribution is 2.47. The first-order valence-electron chi connectivity index (χ1n) is 13.5. The minimum Gasteiger partial charge on any atom is -0.487 e. The number of hydrogen-bond donors (Lipinski definition) is 3. The number of para-hydroxylation sites is 1. The van der Waals surface area contributed by atoms with Crippen LogP contribution in [-0.4, -0.2) is 64.8 Å². The standard InChI is InChI=1S/C28H40N4O6/c1-6-28(7-2)16-23(33)32(25(31-28)30-26(35)36)21(12-13-37-5)18-14-19(18)24(34)29-20-15-27(3,4)38-22-11-9-8-10-17(20)22/h8-11,18-21H,6-7,12-16H2,1-5H3,(H,29,34)(H,30,31)(H,35,36)/t18-,19+,20?,21+/m1/s1. The minimum atomic E-state index is -1.28. The maximum Gasteiger partial charge on any atom is 0.411 e. The average molecular weight is 529 g/mol. The molecule has 1 unspecified atom stereocenters. The van der Waals surface area contributed by atoms with Crippen LogP contribution in [0.25, 0.3) is 0 Å². The topological polar surface area (TPSA) is 130 Å². The maximum absolute atomic E-state index is 13.5. The molecule has 2 heterocycles. The number of nitrogens with zero attached hydrogens (tertiary/aromatic N) is 2. The van der Waals surface area contributed by atoms with Gasteiger partial charge in [0.25, 0.3) is 0 Å². The molecule has 3 N–H and O–H groups in total. The fraction of sp³-hybridized carbons (Fsp3) is 0.643. The Balaban J connectivity index is 1.56. The Morgan fingerprint density at radius 2 is 1.97 bits per heavy atom. The molecule has 1 saturated carbocycles. The van der Waals surface area contributed by atoms with E-state index in [0.717, 1.165) is 11.3 Å². The molecule has 4 rings (SSSR count). The lowest BCUT2D eigenvalue weighted by atomic mass is 9.87. The summed E-state index contributed by atoms with van der Waals surface area (Å²) in [5.41, 5.74) is -0.106. The molecule has 10 nitrogen and oxygen atoms in total. The predicted molar refractivity (Wildman–Crippen MR) is 142 cm³/mol. The van der Waals surface area contributed by atoms with Crippen LogP contribution in [0.3, 0.4) is 0 Å². The van der Waals surface area contributed by atoms with Crippen LogP contribution in [-0.2, 0) is 14.3 Å². The van der Waals surface area contributed by atoms with Crippen molar-refractivity contribution in [3.63, 3.8) is 0 Å². The van der Waals surface area contributed by atoms with E-state index in [2.05, 4.69) is 10.6 Å². The number of amides is 3. The summed E-state index contributed by atoms with van der Waals surface area (Å²) in [6, 6.07) is 7.16. The number of carboxylic acid groups (broad SMARTS) is 1. The third-order valence-corrected chi connectivity index (χ3v) is 8.17. The molecule has 1 aromatic carbocycles. The third-order valence-electron chi connectivity index (χ3n) is 8.17. The number of rotatable bonds is 9. The Labute approximate surface area is 224 Å². The van der Waals surface area contributed by atoms with Gasteiger partial charge in [-0.2, -0.15) is 0 Å². The Kier molecular flexibility index (Phi) is 8.01. The van der Waals surface area contributed by atoms with Gasteiger partial charge in [0.1, 0.15) is 11.4 Å². The molecule has 38 heavy (non-hydrogen) atoms. The molecule has 0 aromatic heterocycles. The molecule has 1 aliphatic carbocycles. The number of aliphatic imine (C=N–C) groups is 1. The van der Waals surface area contributed by atoms with Crippen LogP contribution in [0.2, 0.25) is 0 Å². The van der Waals surface area contributed by atoms with Crippen LogP contribution in [0, 0.1) is 11.8 Å². The van der Waals surface area contributed by atoms with Crippen molar-refractivity contribution in [3.05, 3.63) is 29.8 Å². The first-order valence-corrected chi connectivity index (χ1v) is 13.5. The molecule has 0 spiro atoms. The summed E-state index contributed by atoms with van der Waals surface area (Å²) in [5.74, 6) is 0.144. The molecule has 0 radical (unpaired) electrons. The van der Waals surface area contributed by atoms with Crippen LogP contribution in [0.4, 0.5) is 4.79 Å². The number of ether oxygens (including phenoxy) is 2. The highest BCUT2D eigenvalue weighted by Gasteiger charge is 2.53. The maximum atomic E-state index is 13.5. The summed E-state index contributed by atoms with van der Waals surface area (Å²) in [6.07, 6.45) is 1.87. The Hall–Kier alpha value is -3.14. The number of hydrogen-bond acceptors (Lipinski definition) is 6. The molecule has 1 aromatic rings. The van der Waals surface area contributed by atoms with Crippen LogP contribution < -0.4 is 15.4 Å². The van der Waals surface area contributed by atoms with E-state index in [1.165, 1.54) is 4.90 Å². The molecule has 3 aliphatic rings. The van der Waals surface area contributed by atoms with E-state index in [1.54, 1.807) is 7.11 Å². The average Bonchev–Trinajstić information content (AvgIpc) is 3.65. The molecule has 2 aliphatic heterocycles. The van der Waals surface area contributed by atoms with Crippen molar-refractivity contribution in [1.29, 1.82) is 0 Å². The fourth-order valence-electron chi connectivity index (χ4n) is 5.91. The van der Waals surface area contributed by atoms with Crippen LogP contribution in [0.1, 0.15) is 77.8 Å². The summed E-state index contributed by atoms with van der Waals surface area (Å²) in [7, 11) is 1.58. The van der Waals surface area contributed by atoms with Crippen molar-refractivity contribution in [1.82, 2.24) is 15.5 Å². The van der Waals surface area contributed by atoms with Gasteiger partial charge >= 0.3 is 6.09 Å². The molecular formula is C28H40N4O6. The lowest BCUT2D eigenvalue weighted by Crippen LogP contribution is -2.58. The van der Waals surface area contributed by atoms with Gasteiger partial charge in [-0.3, -0.25) is 19.8 Å². The smallest absolute Gasteiger partial charge is 0.411 e. The van der Waals surface area contributed by atoms with Gasteiger partial charge in [0.2, 0.25) is 17.8 Å². The van der Waals surface area contributed by atoms with Crippen molar-refractivity contribution in [2.24, 2.45) is 16.8 Å². The number of benzene rings is 1. The summed E-state index contributed by atoms with van der Waals surface area (Å²) in [4.78, 5) is 44.9. The van der Waals surface area contributed by atoms with Gasteiger partial charge in [0.05, 0.1) is 18.0 Å². The lowest BCUT2D eigenvalue weighted by Gasteiger charge is -2.41. The van der Waals surface area contributed by atoms with Crippen LogP contribution in [0.15, 0.2) is 29.3 Å². The van der Waals surface area contributed by atoms with Crippen molar-refractivity contribution in [2.75, 3.05) is 13.7 Å². The van der Waals surface area contributed by atoms with Gasteiger partial charge in [-0.25, -0.2) is 9.79 Å². The monoisotopic (exact) mass is 528 g/mol. The van der Waals surface area contributed by atoms with E-state index < -0.39 is 23.3 Å². The summed E-state index contributed by atoms with van der Waals surface area (Å²) >= 11 is 0. The fourth-order valence-corrected chi connectivity index (χ4v) is 5.91. The van der Waals surface area contributed by atoms with Gasteiger partial charge in [-0.05, 0) is 51.5 Å². The van der Waals surface area contributed by atoms with Crippen molar-refractivity contribution < 1.29 is 29.0 Å². The van der Waals surface area contributed by atoms with Gasteiger partial charge in [-0.1, -0.05) is 32.0 Å². The van der Waals surface area contributed by atoms with Crippen molar-refractivity contribution >= 4 is 23.9 Å². The number of nitrogens with one attached hydrogen (secondary N) is 2. The highest BCUT2D eigenvalue weighted by atomic mass is 16.5. The second kappa shape index (κ2) is 10.9. The first-order chi connectivity index (χ1) is 18.0. The van der Waals surface area contributed by atoms with E-state index in [9.17, 15) is 19.5 Å². The summed E-state index contributed by atoms with van der Waals surface area (Å²) < 4.78 is 11.4. The van der Waals surface area contributed by atoms with Gasteiger partial charge in [0, 0.05) is 37.7 Å². The molecule has 3 amide bonds. The molecule has 10 heteroatoms. The zero-order chi connectivity index (χ0) is 27.7. The van der Waals surface area contributed by atoms with Gasteiger partial charge in [-0.15, -0.1) is 0 Å². The normalized spacial score (nSPS) is 25.9. The summed E-state index contributed by atoms with van der Waals surface area (Å²) in [5, 5.41) is 15.1. The zero-order valence-electron chi connectivity index (χ0n) is 23.0. The third kappa shape index (κ3) is 5.80. The Bertz CT molecular complexity index is 1100. The van der Waals surface area contributed by atoms with E-state index >= 15 is 0 Å². The van der Waals surface area contributed by atoms with Gasteiger partial charge in [0.15, 0.2) is 0 Å². The van der Waals surface area contributed by atoms with E-state index in [0.29, 0.717) is 38.7 Å². The summed E-state index contributed by atoms with van der Waals surface area (Å²) in [6.45, 7) is 8.29. The first kappa shape index (κ1) is 27.9. The number of methoxy groups -OCH3 is 1. The Morgan fingerprint density at radius 3 is 2.63 bits per heavy atom. The van der Waals surface area contributed by atoms with Crippen molar-refractivity contribution in [2.45, 2.75) is 89.4 Å². The van der Waals surface area contributed by atoms with Crippen LogP contribution >= 0.6 is 0 Å². The molecular weight excluding hydrogens is 488 g/mol. The molecule has 4 atom stereocenters. The highest BCUT2D eigenvalue weighted by molar-refractivity contribution is 6.05.